The Bertz CT molecular complexity index is 627. The van der Waals surface area contributed by atoms with E-state index in [-0.39, 0.29) is 20.7 Å². The third-order valence-electron chi connectivity index (χ3n) is 2.88. The molecule has 2 rings (SSSR count). The molecule has 0 atom stereocenters. The SMILES string of the molecule is O=S(=O)(CC[Se]COCc1ccccc1)c1ccccc1. The maximum atomic E-state index is 12.1. The van der Waals surface area contributed by atoms with Crippen molar-refractivity contribution in [2.75, 3.05) is 11.3 Å². The molecule has 0 fully saturated rings. The molecule has 0 unspecified atom stereocenters. The topological polar surface area (TPSA) is 43.4 Å². The van der Waals surface area contributed by atoms with Crippen LogP contribution in [0.2, 0.25) is 5.32 Å². The molecule has 0 aliphatic heterocycles. The van der Waals surface area contributed by atoms with E-state index in [0.717, 1.165) is 5.56 Å². The summed E-state index contributed by atoms with van der Waals surface area (Å²) < 4.78 is 29.7. The maximum absolute atomic E-state index is 12.1. The van der Waals surface area contributed by atoms with Gasteiger partial charge in [-0.15, -0.1) is 0 Å². The standard InChI is InChI=1S/C16H18O3SSe/c17-20(18,16-9-5-2-6-10-16)11-12-21-14-19-13-15-7-3-1-4-8-15/h1-10H,11-14H2. The van der Waals surface area contributed by atoms with Crippen LogP contribution in [0.4, 0.5) is 0 Å². The van der Waals surface area contributed by atoms with E-state index in [1.54, 1.807) is 24.3 Å². The van der Waals surface area contributed by atoms with Crippen LogP contribution in [0.1, 0.15) is 5.56 Å². The van der Waals surface area contributed by atoms with Crippen LogP contribution < -0.4 is 0 Å². The van der Waals surface area contributed by atoms with Gasteiger partial charge in [-0.25, -0.2) is 0 Å². The quantitative estimate of drug-likeness (QED) is 0.531. The number of hydrogen-bond acceptors (Lipinski definition) is 3. The molecule has 21 heavy (non-hydrogen) atoms. The van der Waals surface area contributed by atoms with Crippen molar-refractivity contribution in [1.82, 2.24) is 0 Å². The van der Waals surface area contributed by atoms with E-state index in [1.807, 2.05) is 36.4 Å². The molecule has 0 N–H and O–H groups in total. The van der Waals surface area contributed by atoms with Gasteiger partial charge < -0.3 is 0 Å². The van der Waals surface area contributed by atoms with E-state index in [0.29, 0.717) is 22.3 Å². The second-order valence-corrected chi connectivity index (χ2v) is 8.81. The number of sulfone groups is 1. The number of ether oxygens (including phenoxy) is 1. The minimum absolute atomic E-state index is 0.191. The Labute approximate surface area is 132 Å². The van der Waals surface area contributed by atoms with Crippen LogP contribution in [0.15, 0.2) is 65.6 Å². The molecule has 0 aliphatic carbocycles. The van der Waals surface area contributed by atoms with Crippen molar-refractivity contribution in [2.45, 2.75) is 16.8 Å². The van der Waals surface area contributed by atoms with E-state index in [4.69, 9.17) is 4.74 Å². The van der Waals surface area contributed by atoms with Crippen LogP contribution in [0.3, 0.4) is 0 Å². The molecule has 0 spiro atoms. The summed E-state index contributed by atoms with van der Waals surface area (Å²) in [5.74, 6) is 0.200. The van der Waals surface area contributed by atoms with E-state index in [1.165, 1.54) is 0 Å². The molecule has 0 bridgehead atoms. The molecule has 2 aromatic carbocycles. The van der Waals surface area contributed by atoms with Crippen molar-refractivity contribution in [3.63, 3.8) is 0 Å². The second kappa shape index (κ2) is 8.35. The molecule has 0 saturated carbocycles. The summed E-state index contributed by atoms with van der Waals surface area (Å²) in [5, 5.41) is 0.680. The van der Waals surface area contributed by atoms with E-state index in [9.17, 15) is 8.42 Å². The Morgan fingerprint density at radius 2 is 1.52 bits per heavy atom. The molecule has 0 aliphatic rings. The van der Waals surface area contributed by atoms with Crippen LogP contribution >= 0.6 is 0 Å². The fraction of sp³-hybridized carbons (Fsp3) is 0.250. The first-order valence-corrected chi connectivity index (χ1v) is 10.7. The monoisotopic (exact) mass is 370 g/mol. The molecule has 5 heteroatoms. The van der Waals surface area contributed by atoms with Crippen molar-refractivity contribution in [3.8, 4) is 0 Å². The average Bonchev–Trinajstić information content (AvgIpc) is 2.52. The van der Waals surface area contributed by atoms with Crippen molar-refractivity contribution in [1.29, 1.82) is 0 Å². The molecule has 0 amide bonds. The third kappa shape index (κ3) is 5.64. The van der Waals surface area contributed by atoms with E-state index < -0.39 is 9.84 Å². The fourth-order valence-corrected chi connectivity index (χ4v) is 5.70. The van der Waals surface area contributed by atoms with Gasteiger partial charge in [0.15, 0.2) is 0 Å². The minimum atomic E-state index is -3.14. The first kappa shape index (κ1) is 16.2. The second-order valence-electron chi connectivity index (χ2n) is 4.49. The Hall–Kier alpha value is -1.13. The number of benzene rings is 2. The van der Waals surface area contributed by atoms with Gasteiger partial charge in [-0.05, 0) is 0 Å². The summed E-state index contributed by atoms with van der Waals surface area (Å²) in [6.07, 6.45) is 0. The van der Waals surface area contributed by atoms with Gasteiger partial charge in [0.05, 0.1) is 0 Å². The van der Waals surface area contributed by atoms with E-state index in [2.05, 4.69) is 0 Å². The van der Waals surface area contributed by atoms with Gasteiger partial charge >= 0.3 is 132 Å². The number of hydrogen-bond donors (Lipinski definition) is 0. The predicted octanol–water partition coefficient (Wildman–Crippen LogP) is 2.76. The first-order chi connectivity index (χ1) is 10.2. The Balaban J connectivity index is 1.66. The van der Waals surface area contributed by atoms with Crippen LogP contribution in [0, 0.1) is 0 Å². The predicted molar refractivity (Wildman–Crippen MR) is 85.2 cm³/mol. The van der Waals surface area contributed by atoms with Gasteiger partial charge in [-0.3, -0.25) is 0 Å². The number of rotatable bonds is 8. The van der Waals surface area contributed by atoms with Gasteiger partial charge in [-0.1, -0.05) is 0 Å². The Morgan fingerprint density at radius 1 is 0.905 bits per heavy atom. The zero-order chi connectivity index (χ0) is 15.0. The molecule has 2 aromatic rings. The van der Waals surface area contributed by atoms with Gasteiger partial charge in [0, 0.05) is 0 Å². The zero-order valence-corrected chi connectivity index (χ0v) is 14.2. The van der Waals surface area contributed by atoms with Crippen LogP contribution in [-0.2, 0) is 21.2 Å². The molecule has 0 saturated heterocycles. The Morgan fingerprint density at radius 3 is 2.19 bits per heavy atom. The van der Waals surface area contributed by atoms with Gasteiger partial charge in [0.1, 0.15) is 0 Å². The van der Waals surface area contributed by atoms with Crippen LogP contribution in [0.25, 0.3) is 0 Å². The van der Waals surface area contributed by atoms with Gasteiger partial charge in [0.25, 0.3) is 0 Å². The van der Waals surface area contributed by atoms with Crippen molar-refractivity contribution in [3.05, 3.63) is 66.2 Å². The van der Waals surface area contributed by atoms with Gasteiger partial charge in [-0.2, -0.15) is 0 Å². The van der Waals surface area contributed by atoms with Gasteiger partial charge in [0.2, 0.25) is 0 Å². The molecule has 112 valence electrons. The summed E-state index contributed by atoms with van der Waals surface area (Å²) >= 11 is 0.191. The van der Waals surface area contributed by atoms with Crippen LogP contribution in [0.5, 0.6) is 0 Å². The van der Waals surface area contributed by atoms with Crippen molar-refractivity contribution in [2.24, 2.45) is 0 Å². The molecular formula is C16H18O3SSe. The van der Waals surface area contributed by atoms with Crippen molar-refractivity contribution >= 4 is 24.8 Å². The summed E-state index contributed by atoms with van der Waals surface area (Å²) in [6, 6.07) is 18.6. The molecule has 0 radical (unpaired) electrons. The van der Waals surface area contributed by atoms with E-state index >= 15 is 0 Å². The summed E-state index contributed by atoms with van der Waals surface area (Å²) in [6.45, 7) is 0.591. The summed E-state index contributed by atoms with van der Waals surface area (Å²) in [5.41, 5.74) is 1.79. The first-order valence-electron chi connectivity index (χ1n) is 6.66. The van der Waals surface area contributed by atoms with Crippen molar-refractivity contribution < 1.29 is 13.2 Å². The fourth-order valence-electron chi connectivity index (χ4n) is 1.77. The molecular weight excluding hydrogens is 351 g/mol. The Kier molecular flexibility index (Phi) is 6.46. The summed E-state index contributed by atoms with van der Waals surface area (Å²) in [7, 11) is -3.14. The average molecular weight is 369 g/mol. The normalized spacial score (nSPS) is 11.4. The molecule has 0 aromatic heterocycles. The molecule has 0 heterocycles. The summed E-state index contributed by atoms with van der Waals surface area (Å²) in [4.78, 5) is 0.408. The van der Waals surface area contributed by atoms with Crippen LogP contribution in [-0.4, -0.2) is 34.6 Å². The third-order valence-corrected chi connectivity index (χ3v) is 6.93. The molecule has 3 nitrogen and oxygen atoms in total. The zero-order valence-electron chi connectivity index (χ0n) is 11.6.